The van der Waals surface area contributed by atoms with Crippen molar-refractivity contribution in [1.29, 1.82) is 0 Å². The monoisotopic (exact) mass is 194 g/mol. The van der Waals surface area contributed by atoms with Crippen LogP contribution in [0.3, 0.4) is 0 Å². The fourth-order valence-corrected chi connectivity index (χ4v) is 2.02. The van der Waals surface area contributed by atoms with E-state index in [2.05, 4.69) is 22.4 Å². The Balaban J connectivity index is 1.90. The lowest BCUT2D eigenvalue weighted by Crippen LogP contribution is -2.39. The average Bonchev–Trinajstić information content (AvgIpc) is 2.51. The molecule has 1 aliphatic rings. The molecule has 1 aromatic rings. The number of hydrogen-bond acceptors (Lipinski definition) is 3. The van der Waals surface area contributed by atoms with Crippen molar-refractivity contribution in [2.24, 2.45) is 7.05 Å². The molecule has 0 radical (unpaired) electrons. The number of nitrogens with zero attached hydrogens (tertiary/aromatic N) is 3. The predicted molar refractivity (Wildman–Crippen MR) is 57.3 cm³/mol. The highest BCUT2D eigenvalue weighted by Gasteiger charge is 2.16. The first kappa shape index (κ1) is 9.52. The molecule has 1 fully saturated rings. The normalized spacial score (nSPS) is 23.7. The van der Waals surface area contributed by atoms with Crippen molar-refractivity contribution >= 4 is 5.69 Å². The average molecular weight is 194 g/mol. The van der Waals surface area contributed by atoms with E-state index in [-0.39, 0.29) is 0 Å². The molecule has 0 spiro atoms. The molecule has 0 aliphatic carbocycles. The first-order valence-electron chi connectivity index (χ1n) is 5.18. The zero-order valence-electron chi connectivity index (χ0n) is 8.90. The number of hydrogen-bond donors (Lipinski definition) is 1. The number of aryl methyl sites for hydroxylation is 1. The van der Waals surface area contributed by atoms with Crippen LogP contribution < -0.4 is 5.32 Å². The summed E-state index contributed by atoms with van der Waals surface area (Å²) < 4.78 is 1.83. The van der Waals surface area contributed by atoms with E-state index in [4.69, 9.17) is 0 Å². The highest BCUT2D eigenvalue weighted by molar-refractivity contribution is 5.39. The molecule has 1 saturated heterocycles. The van der Waals surface area contributed by atoms with Crippen LogP contribution in [0.2, 0.25) is 0 Å². The Morgan fingerprint density at radius 3 is 3.00 bits per heavy atom. The van der Waals surface area contributed by atoms with Gasteiger partial charge >= 0.3 is 0 Å². The fourth-order valence-electron chi connectivity index (χ4n) is 2.02. The molecule has 2 rings (SSSR count). The van der Waals surface area contributed by atoms with Crippen LogP contribution in [0, 0.1) is 0 Å². The van der Waals surface area contributed by atoms with Gasteiger partial charge in [-0.2, -0.15) is 5.10 Å². The van der Waals surface area contributed by atoms with Crippen molar-refractivity contribution in [3.63, 3.8) is 0 Å². The second-order valence-corrected chi connectivity index (χ2v) is 4.15. The summed E-state index contributed by atoms with van der Waals surface area (Å²) in [6.07, 6.45) is 6.46. The first-order chi connectivity index (χ1) is 6.74. The van der Waals surface area contributed by atoms with Gasteiger partial charge in [0.2, 0.25) is 0 Å². The smallest absolute Gasteiger partial charge is 0.0728 e. The van der Waals surface area contributed by atoms with Crippen LogP contribution in [0.1, 0.15) is 12.8 Å². The molecular weight excluding hydrogens is 176 g/mol. The quantitative estimate of drug-likeness (QED) is 0.760. The molecular formula is C10H18N4. The number of rotatable bonds is 2. The molecule has 1 aliphatic heterocycles. The first-order valence-corrected chi connectivity index (χ1v) is 5.18. The van der Waals surface area contributed by atoms with Gasteiger partial charge in [-0.3, -0.25) is 4.68 Å². The van der Waals surface area contributed by atoms with E-state index in [9.17, 15) is 0 Å². The molecule has 0 bridgehead atoms. The lowest BCUT2D eigenvalue weighted by atomic mass is 10.1. The van der Waals surface area contributed by atoms with Crippen LogP contribution in [0.25, 0.3) is 0 Å². The molecule has 4 heteroatoms. The third-order valence-electron chi connectivity index (χ3n) is 2.70. The summed E-state index contributed by atoms with van der Waals surface area (Å²) in [5.41, 5.74) is 1.13. The summed E-state index contributed by atoms with van der Waals surface area (Å²) in [6.45, 7) is 2.36. The van der Waals surface area contributed by atoms with Crippen LogP contribution in [0.15, 0.2) is 12.4 Å². The van der Waals surface area contributed by atoms with Crippen molar-refractivity contribution in [2.75, 3.05) is 25.5 Å². The minimum absolute atomic E-state index is 0.581. The summed E-state index contributed by atoms with van der Waals surface area (Å²) in [5.74, 6) is 0. The second kappa shape index (κ2) is 4.00. The van der Waals surface area contributed by atoms with Crippen molar-refractivity contribution in [3.8, 4) is 0 Å². The molecule has 14 heavy (non-hydrogen) atoms. The molecule has 1 atom stereocenters. The lowest BCUT2D eigenvalue weighted by molar-refractivity contribution is 0.261. The third kappa shape index (κ3) is 2.26. The SMILES string of the molecule is CN1CCCC(Nc2cnn(C)c2)C1. The van der Waals surface area contributed by atoms with E-state index in [0.29, 0.717) is 6.04 Å². The van der Waals surface area contributed by atoms with Gasteiger partial charge in [0, 0.05) is 25.8 Å². The maximum atomic E-state index is 4.14. The van der Waals surface area contributed by atoms with Crippen LogP contribution in [-0.4, -0.2) is 40.9 Å². The number of likely N-dealkylation sites (tertiary alicyclic amines) is 1. The maximum Gasteiger partial charge on any atom is 0.0728 e. The molecule has 0 amide bonds. The Morgan fingerprint density at radius 2 is 2.36 bits per heavy atom. The predicted octanol–water partition coefficient (Wildman–Crippen LogP) is 0.926. The van der Waals surface area contributed by atoms with Gasteiger partial charge in [-0.25, -0.2) is 0 Å². The van der Waals surface area contributed by atoms with Crippen LogP contribution >= 0.6 is 0 Å². The highest BCUT2D eigenvalue weighted by Crippen LogP contribution is 2.13. The van der Waals surface area contributed by atoms with Gasteiger partial charge in [0.1, 0.15) is 0 Å². The van der Waals surface area contributed by atoms with E-state index in [1.807, 2.05) is 24.1 Å². The van der Waals surface area contributed by atoms with Crippen molar-refractivity contribution in [3.05, 3.63) is 12.4 Å². The van der Waals surface area contributed by atoms with E-state index >= 15 is 0 Å². The summed E-state index contributed by atoms with van der Waals surface area (Å²) in [5, 5.41) is 7.65. The summed E-state index contributed by atoms with van der Waals surface area (Å²) >= 11 is 0. The largest absolute Gasteiger partial charge is 0.378 e. The summed E-state index contributed by atoms with van der Waals surface area (Å²) in [7, 11) is 4.12. The Kier molecular flexibility index (Phi) is 2.72. The number of nitrogens with one attached hydrogen (secondary N) is 1. The third-order valence-corrected chi connectivity index (χ3v) is 2.70. The summed E-state index contributed by atoms with van der Waals surface area (Å²) in [6, 6.07) is 0.581. The van der Waals surface area contributed by atoms with Gasteiger partial charge in [0.05, 0.1) is 11.9 Å². The molecule has 78 valence electrons. The zero-order valence-corrected chi connectivity index (χ0v) is 8.90. The van der Waals surface area contributed by atoms with E-state index < -0.39 is 0 Å². The van der Waals surface area contributed by atoms with Gasteiger partial charge in [-0.15, -0.1) is 0 Å². The van der Waals surface area contributed by atoms with Gasteiger partial charge in [-0.1, -0.05) is 0 Å². The topological polar surface area (TPSA) is 33.1 Å². The molecule has 2 heterocycles. The molecule has 0 aromatic carbocycles. The van der Waals surface area contributed by atoms with Crippen molar-refractivity contribution in [1.82, 2.24) is 14.7 Å². The number of anilines is 1. The molecule has 4 nitrogen and oxygen atoms in total. The van der Waals surface area contributed by atoms with Crippen LogP contribution in [-0.2, 0) is 7.05 Å². The van der Waals surface area contributed by atoms with Crippen LogP contribution in [0.4, 0.5) is 5.69 Å². The summed E-state index contributed by atoms with van der Waals surface area (Å²) in [4.78, 5) is 2.37. The van der Waals surface area contributed by atoms with E-state index in [1.165, 1.54) is 19.4 Å². The van der Waals surface area contributed by atoms with E-state index in [1.54, 1.807) is 0 Å². The number of piperidine rings is 1. The minimum atomic E-state index is 0.581. The van der Waals surface area contributed by atoms with Crippen LogP contribution in [0.5, 0.6) is 0 Å². The Morgan fingerprint density at radius 1 is 1.50 bits per heavy atom. The fraction of sp³-hybridized carbons (Fsp3) is 0.700. The molecule has 0 saturated carbocycles. The Bertz CT molecular complexity index is 294. The molecule has 1 N–H and O–H groups in total. The number of aromatic nitrogens is 2. The van der Waals surface area contributed by atoms with Gasteiger partial charge < -0.3 is 10.2 Å². The Hall–Kier alpha value is -1.03. The van der Waals surface area contributed by atoms with Crippen molar-refractivity contribution in [2.45, 2.75) is 18.9 Å². The van der Waals surface area contributed by atoms with Gasteiger partial charge in [-0.05, 0) is 26.4 Å². The lowest BCUT2D eigenvalue weighted by Gasteiger charge is -2.30. The highest BCUT2D eigenvalue weighted by atomic mass is 15.3. The molecule has 1 aromatic heterocycles. The minimum Gasteiger partial charge on any atom is -0.378 e. The maximum absolute atomic E-state index is 4.14. The standard InChI is InChI=1S/C10H18N4/c1-13-5-3-4-9(7-13)12-10-6-11-14(2)8-10/h6,8-9,12H,3-5,7H2,1-2H3. The Labute approximate surface area is 84.9 Å². The second-order valence-electron chi connectivity index (χ2n) is 4.15. The number of likely N-dealkylation sites (N-methyl/N-ethyl adjacent to an activating group) is 1. The molecule has 1 unspecified atom stereocenters. The zero-order chi connectivity index (χ0) is 9.97. The van der Waals surface area contributed by atoms with Gasteiger partial charge in [0.25, 0.3) is 0 Å². The van der Waals surface area contributed by atoms with E-state index in [0.717, 1.165) is 12.2 Å². The van der Waals surface area contributed by atoms with Gasteiger partial charge in [0.15, 0.2) is 0 Å². The van der Waals surface area contributed by atoms with Crippen molar-refractivity contribution < 1.29 is 0 Å².